The van der Waals surface area contributed by atoms with Crippen molar-refractivity contribution in [2.75, 3.05) is 17.7 Å². The van der Waals surface area contributed by atoms with Crippen molar-refractivity contribution in [3.63, 3.8) is 0 Å². The Hall–Kier alpha value is -3.61. The summed E-state index contributed by atoms with van der Waals surface area (Å²) in [6.45, 7) is 0.913. The first-order valence-corrected chi connectivity index (χ1v) is 9.69. The van der Waals surface area contributed by atoms with E-state index in [9.17, 15) is 13.6 Å². The van der Waals surface area contributed by atoms with Gasteiger partial charge in [0.2, 0.25) is 0 Å². The molecule has 3 aromatic carbocycles. The quantitative estimate of drug-likeness (QED) is 0.485. The lowest BCUT2D eigenvalue weighted by Gasteiger charge is -2.21. The first-order chi connectivity index (χ1) is 14.9. The minimum Gasteiger partial charge on any atom is -0.493 e. The normalized spacial score (nSPS) is 11.7. The number of alkyl halides is 2. The van der Waals surface area contributed by atoms with Crippen molar-refractivity contribution in [1.29, 1.82) is 0 Å². The van der Waals surface area contributed by atoms with E-state index < -0.39 is 12.7 Å². The number of hydrogen-bond acceptors (Lipinski definition) is 4. The zero-order chi connectivity index (χ0) is 22.4. The number of carbonyl (C=O) groups is 1. The Morgan fingerprint density at radius 2 is 1.55 bits per heavy atom. The van der Waals surface area contributed by atoms with Crippen LogP contribution in [0.1, 0.15) is 22.7 Å². The largest absolute Gasteiger partial charge is 0.493 e. The molecule has 3 rings (SSSR count). The summed E-state index contributed by atoms with van der Waals surface area (Å²) in [5.74, 6) is -0.242. The second-order valence-electron chi connectivity index (χ2n) is 7.10. The van der Waals surface area contributed by atoms with Crippen LogP contribution in [-0.2, 0) is 4.79 Å². The van der Waals surface area contributed by atoms with Gasteiger partial charge in [-0.2, -0.15) is 8.78 Å². The molecule has 1 unspecified atom stereocenters. The second-order valence-corrected chi connectivity index (χ2v) is 7.10. The molecule has 31 heavy (non-hydrogen) atoms. The van der Waals surface area contributed by atoms with E-state index in [1.807, 2.05) is 62.4 Å². The molecule has 0 bridgehead atoms. The number of halogens is 2. The molecule has 162 valence electrons. The number of nitrogens with one attached hydrogen (secondary N) is 2. The Labute approximate surface area is 180 Å². The number of amides is 1. The fourth-order valence-corrected chi connectivity index (χ4v) is 3.33. The fourth-order valence-electron chi connectivity index (χ4n) is 3.33. The number of aryl methyl sites for hydroxylation is 2. The van der Waals surface area contributed by atoms with E-state index in [-0.39, 0.29) is 17.4 Å². The SMILES string of the molecule is COc1ccc(NC(C(=O)Nc2cc(C)cc(C)c2)c2ccccc2)cc1OC(F)F. The van der Waals surface area contributed by atoms with Gasteiger partial charge in [-0.05, 0) is 54.8 Å². The van der Waals surface area contributed by atoms with E-state index in [0.717, 1.165) is 16.7 Å². The number of rotatable bonds is 8. The van der Waals surface area contributed by atoms with Gasteiger partial charge in [-0.1, -0.05) is 36.4 Å². The van der Waals surface area contributed by atoms with Crippen molar-refractivity contribution in [2.45, 2.75) is 26.5 Å². The van der Waals surface area contributed by atoms with Gasteiger partial charge >= 0.3 is 6.61 Å². The molecule has 5 nitrogen and oxygen atoms in total. The van der Waals surface area contributed by atoms with Gasteiger partial charge in [-0.25, -0.2) is 0 Å². The van der Waals surface area contributed by atoms with Gasteiger partial charge in [0.15, 0.2) is 11.5 Å². The van der Waals surface area contributed by atoms with E-state index in [4.69, 9.17) is 4.74 Å². The summed E-state index contributed by atoms with van der Waals surface area (Å²) in [5.41, 5.74) is 3.89. The molecule has 0 saturated carbocycles. The number of benzene rings is 3. The summed E-state index contributed by atoms with van der Waals surface area (Å²) in [6.07, 6.45) is 0. The maximum atomic E-state index is 13.2. The Balaban J connectivity index is 1.90. The zero-order valence-corrected chi connectivity index (χ0v) is 17.5. The van der Waals surface area contributed by atoms with Crippen molar-refractivity contribution in [2.24, 2.45) is 0 Å². The number of methoxy groups -OCH3 is 1. The van der Waals surface area contributed by atoms with Crippen LogP contribution in [0.3, 0.4) is 0 Å². The second kappa shape index (κ2) is 9.93. The summed E-state index contributed by atoms with van der Waals surface area (Å²) >= 11 is 0. The molecule has 3 aromatic rings. The molecule has 0 aliphatic heterocycles. The molecule has 2 N–H and O–H groups in total. The highest BCUT2D eigenvalue weighted by Gasteiger charge is 2.22. The molecule has 7 heteroatoms. The first kappa shape index (κ1) is 22.1. The average molecular weight is 426 g/mol. The van der Waals surface area contributed by atoms with Gasteiger partial charge in [0.25, 0.3) is 5.91 Å². The van der Waals surface area contributed by atoms with Crippen LogP contribution in [-0.4, -0.2) is 19.6 Å². The lowest BCUT2D eigenvalue weighted by Crippen LogP contribution is -2.27. The summed E-state index contributed by atoms with van der Waals surface area (Å²) in [7, 11) is 1.37. The maximum absolute atomic E-state index is 13.2. The summed E-state index contributed by atoms with van der Waals surface area (Å²) in [5, 5.41) is 6.05. The van der Waals surface area contributed by atoms with Crippen molar-refractivity contribution >= 4 is 17.3 Å². The molecule has 0 heterocycles. The third-order valence-electron chi connectivity index (χ3n) is 4.58. The molecule has 0 radical (unpaired) electrons. The van der Waals surface area contributed by atoms with Gasteiger partial charge in [-0.15, -0.1) is 0 Å². The van der Waals surface area contributed by atoms with Crippen molar-refractivity contribution < 1.29 is 23.0 Å². The Bertz CT molecular complexity index is 1020. The van der Waals surface area contributed by atoms with Crippen LogP contribution < -0.4 is 20.1 Å². The standard InChI is InChI=1S/C24H24F2N2O3/c1-15-11-16(2)13-19(12-15)28-23(29)22(17-7-5-4-6-8-17)27-18-9-10-20(30-3)21(14-18)31-24(25)26/h4-14,22,24,27H,1-3H3,(H,28,29). The van der Waals surface area contributed by atoms with Crippen LogP contribution in [0.2, 0.25) is 0 Å². The topological polar surface area (TPSA) is 59.6 Å². The van der Waals surface area contributed by atoms with Crippen LogP contribution in [0.4, 0.5) is 20.2 Å². The van der Waals surface area contributed by atoms with Gasteiger partial charge in [0.05, 0.1) is 7.11 Å². The summed E-state index contributed by atoms with van der Waals surface area (Å²) in [6, 6.07) is 18.7. The molecular weight excluding hydrogens is 402 g/mol. The maximum Gasteiger partial charge on any atom is 0.387 e. The third kappa shape index (κ3) is 5.94. The van der Waals surface area contributed by atoms with Crippen LogP contribution in [0.5, 0.6) is 11.5 Å². The minimum absolute atomic E-state index is 0.121. The fraction of sp³-hybridized carbons (Fsp3) is 0.208. The molecule has 0 spiro atoms. The van der Waals surface area contributed by atoms with Crippen LogP contribution in [0.15, 0.2) is 66.7 Å². The van der Waals surface area contributed by atoms with Gasteiger partial charge in [0.1, 0.15) is 6.04 Å². The summed E-state index contributed by atoms with van der Waals surface area (Å²) < 4.78 is 35.2. The molecule has 0 aliphatic carbocycles. The van der Waals surface area contributed by atoms with E-state index >= 15 is 0 Å². The average Bonchev–Trinajstić information content (AvgIpc) is 2.71. The van der Waals surface area contributed by atoms with E-state index in [1.54, 1.807) is 6.07 Å². The monoisotopic (exact) mass is 426 g/mol. The number of anilines is 2. The number of hydrogen-bond donors (Lipinski definition) is 2. The molecule has 0 aliphatic rings. The minimum atomic E-state index is -3.00. The molecule has 1 amide bonds. The predicted octanol–water partition coefficient (Wildman–Crippen LogP) is 5.71. The third-order valence-corrected chi connectivity index (χ3v) is 4.58. The molecular formula is C24H24F2N2O3. The van der Waals surface area contributed by atoms with Crippen molar-refractivity contribution in [3.8, 4) is 11.5 Å². The van der Waals surface area contributed by atoms with E-state index in [1.165, 1.54) is 19.2 Å². The first-order valence-electron chi connectivity index (χ1n) is 9.69. The molecule has 0 saturated heterocycles. The van der Waals surface area contributed by atoms with Crippen molar-refractivity contribution in [3.05, 3.63) is 83.4 Å². The van der Waals surface area contributed by atoms with Crippen LogP contribution >= 0.6 is 0 Å². The zero-order valence-electron chi connectivity index (χ0n) is 17.5. The Morgan fingerprint density at radius 1 is 0.871 bits per heavy atom. The predicted molar refractivity (Wildman–Crippen MR) is 117 cm³/mol. The van der Waals surface area contributed by atoms with Gasteiger partial charge < -0.3 is 20.1 Å². The highest BCUT2D eigenvalue weighted by molar-refractivity contribution is 5.97. The van der Waals surface area contributed by atoms with Crippen molar-refractivity contribution in [1.82, 2.24) is 0 Å². The van der Waals surface area contributed by atoms with Crippen LogP contribution in [0, 0.1) is 13.8 Å². The van der Waals surface area contributed by atoms with Gasteiger partial charge in [-0.3, -0.25) is 4.79 Å². The number of ether oxygens (including phenoxy) is 2. The lowest BCUT2D eigenvalue weighted by atomic mass is 10.0. The molecule has 0 aromatic heterocycles. The smallest absolute Gasteiger partial charge is 0.387 e. The van der Waals surface area contributed by atoms with E-state index in [0.29, 0.717) is 11.4 Å². The molecule has 0 fully saturated rings. The van der Waals surface area contributed by atoms with E-state index in [2.05, 4.69) is 15.4 Å². The highest BCUT2D eigenvalue weighted by Crippen LogP contribution is 2.33. The summed E-state index contributed by atoms with van der Waals surface area (Å²) in [4.78, 5) is 13.2. The van der Waals surface area contributed by atoms with Crippen LogP contribution in [0.25, 0.3) is 0 Å². The lowest BCUT2D eigenvalue weighted by molar-refractivity contribution is -0.117. The molecule has 1 atom stereocenters. The highest BCUT2D eigenvalue weighted by atomic mass is 19.3. The Morgan fingerprint density at radius 3 is 2.16 bits per heavy atom. The Kier molecular flexibility index (Phi) is 7.07. The van der Waals surface area contributed by atoms with Gasteiger partial charge in [0, 0.05) is 17.4 Å². The number of carbonyl (C=O) groups excluding carboxylic acids is 1.